The van der Waals surface area contributed by atoms with Crippen LogP contribution in [0, 0.1) is 44.8 Å². The average Bonchev–Trinajstić information content (AvgIpc) is 2.94. The van der Waals surface area contributed by atoms with E-state index in [-0.39, 0.29) is 35.4 Å². The van der Waals surface area contributed by atoms with Crippen molar-refractivity contribution in [1.82, 2.24) is 14.8 Å². The minimum Gasteiger partial charge on any atom is -0.481 e. The summed E-state index contributed by atoms with van der Waals surface area (Å²) in [5.41, 5.74) is 2.89. The van der Waals surface area contributed by atoms with E-state index in [1.807, 2.05) is 46.8 Å². The first-order chi connectivity index (χ1) is 23.4. The third kappa shape index (κ3) is 7.98. The first-order valence-electron chi connectivity index (χ1n) is 17.3. The number of amides is 1. The van der Waals surface area contributed by atoms with Crippen LogP contribution < -0.4 is 10.9 Å². The number of aromatic nitrogens is 1. The summed E-state index contributed by atoms with van der Waals surface area (Å²) in [4.78, 5) is 41.7. The summed E-state index contributed by atoms with van der Waals surface area (Å²) in [5, 5.41) is 12.5. The van der Waals surface area contributed by atoms with Gasteiger partial charge in [-0.3, -0.25) is 14.4 Å². The van der Waals surface area contributed by atoms with Gasteiger partial charge in [0.05, 0.1) is 18.0 Å². The summed E-state index contributed by atoms with van der Waals surface area (Å²) in [6, 6.07) is 5.18. The van der Waals surface area contributed by atoms with Gasteiger partial charge in [0.15, 0.2) is 0 Å². The molecule has 1 saturated heterocycles. The molecular weight excluding hydrogens is 650 g/mol. The molecule has 1 amide bonds. The van der Waals surface area contributed by atoms with Crippen molar-refractivity contribution < 1.29 is 32.3 Å². The molecule has 270 valence electrons. The molecule has 0 radical (unpaired) electrons. The molecule has 2 N–H and O–H groups in total. The Bertz CT molecular complexity index is 1810. The lowest BCUT2D eigenvalue weighted by molar-refractivity contribution is -0.139. The van der Waals surface area contributed by atoms with Crippen LogP contribution in [0.4, 0.5) is 17.6 Å². The number of carboxylic acids is 1. The van der Waals surface area contributed by atoms with Gasteiger partial charge in [0, 0.05) is 37.5 Å². The number of benzene rings is 2. The lowest BCUT2D eigenvalue weighted by Gasteiger charge is -2.56. The van der Waals surface area contributed by atoms with E-state index in [0.717, 1.165) is 58.9 Å². The van der Waals surface area contributed by atoms with Crippen molar-refractivity contribution in [2.45, 2.75) is 98.3 Å². The first-order valence-corrected chi connectivity index (χ1v) is 17.3. The summed E-state index contributed by atoms with van der Waals surface area (Å²) < 4.78 is 59.4. The van der Waals surface area contributed by atoms with Crippen molar-refractivity contribution in [3.63, 3.8) is 0 Å². The Labute approximate surface area is 290 Å². The van der Waals surface area contributed by atoms with Gasteiger partial charge >= 0.3 is 12.1 Å². The minimum atomic E-state index is -4.77. The minimum absolute atomic E-state index is 0.0299. The number of carbonyl (C=O) groups is 2. The molecule has 1 aliphatic heterocycles. The van der Waals surface area contributed by atoms with Crippen molar-refractivity contribution in [2.75, 3.05) is 19.6 Å². The van der Waals surface area contributed by atoms with Crippen LogP contribution in [0.2, 0.25) is 0 Å². The number of halogens is 4. The number of pyridine rings is 1. The molecule has 2 aliphatic rings. The molecule has 3 aromatic rings. The number of aryl methyl sites for hydroxylation is 4. The zero-order chi connectivity index (χ0) is 36.7. The Balaban J connectivity index is 1.50. The highest BCUT2D eigenvalue weighted by molar-refractivity contribution is 5.82. The molecule has 7 nitrogen and oxygen atoms in total. The van der Waals surface area contributed by atoms with E-state index in [0.29, 0.717) is 23.6 Å². The summed E-state index contributed by atoms with van der Waals surface area (Å²) in [6.45, 7) is 13.1. The van der Waals surface area contributed by atoms with Gasteiger partial charge in [0.2, 0.25) is 5.91 Å². The Morgan fingerprint density at radius 2 is 1.62 bits per heavy atom. The summed E-state index contributed by atoms with van der Waals surface area (Å²) in [5.74, 6) is -2.91. The van der Waals surface area contributed by atoms with Crippen LogP contribution in [0.1, 0.15) is 97.0 Å². The third-order valence-electron chi connectivity index (χ3n) is 10.4. The lowest BCUT2D eigenvalue weighted by atomic mass is 9.63. The van der Waals surface area contributed by atoms with Crippen molar-refractivity contribution in [3.05, 3.63) is 91.6 Å². The maximum absolute atomic E-state index is 15.9. The van der Waals surface area contributed by atoms with Crippen LogP contribution in [0.15, 0.2) is 41.3 Å². The number of nitrogens with zero attached hydrogens (tertiary/aromatic N) is 2. The molecule has 50 heavy (non-hydrogen) atoms. The molecule has 1 unspecified atom stereocenters. The molecule has 1 spiro atoms. The molecule has 2 fully saturated rings. The van der Waals surface area contributed by atoms with E-state index in [9.17, 15) is 32.7 Å². The zero-order valence-corrected chi connectivity index (χ0v) is 29.6. The fourth-order valence-corrected chi connectivity index (χ4v) is 7.94. The van der Waals surface area contributed by atoms with Crippen LogP contribution in [-0.2, 0) is 22.2 Å². The van der Waals surface area contributed by atoms with Crippen molar-refractivity contribution in [1.29, 1.82) is 0 Å². The smallest absolute Gasteiger partial charge is 0.416 e. The number of rotatable bonds is 12. The van der Waals surface area contributed by atoms with Crippen LogP contribution >= 0.6 is 0 Å². The van der Waals surface area contributed by atoms with Gasteiger partial charge in [-0.2, -0.15) is 13.2 Å². The standard InChI is InChI=1S/C39H47F4N3O4/c1-22(2)12-32(46-19-27(30(17-33(46)47)39(41,42)43)8-11-45-20-38(21-45)9-7-10-38)37(50)44-31(18-34(48)49)29-16-28(15-26(6)36(29)40)35-24(4)13-23(3)14-25(35)5/h13-17,19,22,31-32H,7-12,18,20-21H2,1-6H3,(H,44,50)(H,48,49)/t31-,32?/m0/s1. The van der Waals surface area contributed by atoms with Gasteiger partial charge in [-0.25, -0.2) is 4.39 Å². The highest BCUT2D eigenvalue weighted by Crippen LogP contribution is 2.48. The molecule has 5 rings (SSSR count). The van der Waals surface area contributed by atoms with E-state index < -0.39 is 53.5 Å². The molecule has 1 aromatic heterocycles. The van der Waals surface area contributed by atoms with Gasteiger partial charge in [-0.1, -0.05) is 38.0 Å². The number of aliphatic carboxylic acids is 1. The second-order valence-electron chi connectivity index (χ2n) is 15.0. The first kappa shape index (κ1) is 37.3. The maximum atomic E-state index is 15.9. The molecule has 1 saturated carbocycles. The van der Waals surface area contributed by atoms with E-state index in [1.165, 1.54) is 6.42 Å². The molecule has 2 heterocycles. The van der Waals surface area contributed by atoms with Crippen LogP contribution in [0.5, 0.6) is 0 Å². The Hall–Kier alpha value is -3.99. The predicted molar refractivity (Wildman–Crippen MR) is 185 cm³/mol. The summed E-state index contributed by atoms with van der Waals surface area (Å²) in [7, 11) is 0. The molecule has 0 bridgehead atoms. The quantitative estimate of drug-likeness (QED) is 0.188. The largest absolute Gasteiger partial charge is 0.481 e. The normalized spacial score (nSPS) is 16.9. The van der Waals surface area contributed by atoms with Crippen LogP contribution in [0.25, 0.3) is 11.1 Å². The second-order valence-corrected chi connectivity index (χ2v) is 15.0. The molecule has 1 aliphatic carbocycles. The van der Waals surface area contributed by atoms with Crippen LogP contribution in [0.3, 0.4) is 0 Å². The number of carboxylic acid groups (broad SMARTS) is 1. The number of likely N-dealkylation sites (tertiary alicyclic amines) is 1. The summed E-state index contributed by atoms with van der Waals surface area (Å²) >= 11 is 0. The van der Waals surface area contributed by atoms with E-state index in [4.69, 9.17) is 0 Å². The highest BCUT2D eigenvalue weighted by atomic mass is 19.4. The molecule has 2 atom stereocenters. The van der Waals surface area contributed by atoms with Crippen LogP contribution in [-0.4, -0.2) is 46.1 Å². The Kier molecular flexibility index (Phi) is 10.7. The topological polar surface area (TPSA) is 91.6 Å². The number of nitrogens with one attached hydrogen (secondary N) is 1. The number of carbonyl (C=O) groups excluding carboxylic acids is 1. The second kappa shape index (κ2) is 14.3. The molecule has 2 aromatic carbocycles. The average molecular weight is 698 g/mol. The SMILES string of the molecule is Cc1cc(C)c(-c2cc(C)c(F)c([C@H](CC(=O)O)NC(=O)C(CC(C)C)n3cc(CCN4CC5(CCC5)C4)c(C(F)(F)F)cc3=O)c2)c(C)c1. The lowest BCUT2D eigenvalue weighted by Crippen LogP contribution is -2.59. The number of alkyl halides is 3. The number of hydrogen-bond acceptors (Lipinski definition) is 4. The highest BCUT2D eigenvalue weighted by Gasteiger charge is 2.47. The van der Waals surface area contributed by atoms with E-state index >= 15 is 4.39 Å². The van der Waals surface area contributed by atoms with Crippen molar-refractivity contribution in [2.24, 2.45) is 11.3 Å². The fraction of sp³-hybridized carbons (Fsp3) is 0.513. The van der Waals surface area contributed by atoms with Gasteiger partial charge in [0.1, 0.15) is 11.9 Å². The fourth-order valence-electron chi connectivity index (χ4n) is 7.94. The van der Waals surface area contributed by atoms with Crippen molar-refractivity contribution in [3.8, 4) is 11.1 Å². The predicted octanol–water partition coefficient (Wildman–Crippen LogP) is 7.85. The van der Waals surface area contributed by atoms with Gasteiger partial charge in [0.25, 0.3) is 5.56 Å². The van der Waals surface area contributed by atoms with Gasteiger partial charge in [-0.15, -0.1) is 0 Å². The monoisotopic (exact) mass is 697 g/mol. The Morgan fingerprint density at radius 1 is 0.980 bits per heavy atom. The summed E-state index contributed by atoms with van der Waals surface area (Å²) in [6.07, 6.45) is -0.728. The van der Waals surface area contributed by atoms with E-state index in [1.54, 1.807) is 19.1 Å². The van der Waals surface area contributed by atoms with Gasteiger partial charge < -0.3 is 19.9 Å². The van der Waals surface area contributed by atoms with Gasteiger partial charge in [-0.05, 0) is 110 Å². The molecule has 11 heteroatoms. The zero-order valence-electron chi connectivity index (χ0n) is 29.6. The Morgan fingerprint density at radius 3 is 2.16 bits per heavy atom. The maximum Gasteiger partial charge on any atom is 0.416 e. The number of hydrogen-bond donors (Lipinski definition) is 2. The van der Waals surface area contributed by atoms with E-state index in [2.05, 4.69) is 10.2 Å². The third-order valence-corrected chi connectivity index (χ3v) is 10.4. The molecular formula is C39H47F4N3O4. The van der Waals surface area contributed by atoms with Crippen molar-refractivity contribution >= 4 is 11.9 Å².